The number of nitrogens with one attached hydrogen (secondary N) is 2. The van der Waals surface area contributed by atoms with Crippen LogP contribution in [0.3, 0.4) is 0 Å². The van der Waals surface area contributed by atoms with Crippen molar-refractivity contribution in [1.82, 2.24) is 10.6 Å². The van der Waals surface area contributed by atoms with Gasteiger partial charge in [-0.15, -0.1) is 0 Å². The Labute approximate surface area is 139 Å². The van der Waals surface area contributed by atoms with Crippen LogP contribution >= 0.6 is 0 Å². The highest BCUT2D eigenvalue weighted by Crippen LogP contribution is 2.08. The molecule has 0 aromatic heterocycles. The van der Waals surface area contributed by atoms with E-state index in [1.165, 1.54) is 0 Å². The summed E-state index contributed by atoms with van der Waals surface area (Å²) in [5, 5.41) is 6.14. The Bertz CT molecular complexity index is 559. The molecular weight excluding hydrogens is 314 g/mol. The maximum atomic E-state index is 11.5. The van der Waals surface area contributed by atoms with E-state index >= 15 is 0 Å². The van der Waals surface area contributed by atoms with Gasteiger partial charge in [-0.25, -0.2) is 8.42 Å². The molecule has 0 fully saturated rings. The zero-order valence-corrected chi connectivity index (χ0v) is 14.7. The summed E-state index contributed by atoms with van der Waals surface area (Å²) < 4.78 is 28.5. The number of hydrogen-bond acceptors (Lipinski definition) is 4. The highest BCUT2D eigenvalue weighted by molar-refractivity contribution is 7.91. The molecule has 1 aromatic rings. The summed E-state index contributed by atoms with van der Waals surface area (Å²) >= 11 is 0. The van der Waals surface area contributed by atoms with E-state index in [4.69, 9.17) is 4.74 Å². The molecule has 0 aliphatic rings. The molecule has 0 saturated heterocycles. The third-order valence-corrected chi connectivity index (χ3v) is 4.78. The molecule has 0 aliphatic heterocycles. The van der Waals surface area contributed by atoms with Crippen LogP contribution in [-0.2, 0) is 9.84 Å². The van der Waals surface area contributed by atoms with E-state index in [1.54, 1.807) is 6.92 Å². The van der Waals surface area contributed by atoms with Crippen LogP contribution in [0, 0.1) is 0 Å². The summed E-state index contributed by atoms with van der Waals surface area (Å²) in [5.74, 6) is 1.77. The van der Waals surface area contributed by atoms with Crippen LogP contribution in [0.1, 0.15) is 20.3 Å². The van der Waals surface area contributed by atoms with E-state index < -0.39 is 9.84 Å². The lowest BCUT2D eigenvalue weighted by molar-refractivity contribution is 0.313. The van der Waals surface area contributed by atoms with Gasteiger partial charge in [-0.2, -0.15) is 0 Å². The number of benzene rings is 1. The summed E-state index contributed by atoms with van der Waals surface area (Å²) in [5.41, 5.74) is 0. The Morgan fingerprint density at radius 2 is 1.91 bits per heavy atom. The summed E-state index contributed by atoms with van der Waals surface area (Å²) in [6, 6.07) is 9.66. The van der Waals surface area contributed by atoms with E-state index in [9.17, 15) is 8.42 Å². The van der Waals surface area contributed by atoms with Gasteiger partial charge in [-0.05, 0) is 19.1 Å². The maximum absolute atomic E-state index is 11.5. The van der Waals surface area contributed by atoms with Crippen molar-refractivity contribution in [1.29, 1.82) is 0 Å². The van der Waals surface area contributed by atoms with Crippen LogP contribution < -0.4 is 15.4 Å². The first-order chi connectivity index (χ1) is 11.1. The second-order valence-corrected chi connectivity index (χ2v) is 7.41. The molecule has 0 aliphatic carbocycles. The number of hydrogen-bond donors (Lipinski definition) is 2. The Hall–Kier alpha value is -1.76. The van der Waals surface area contributed by atoms with Crippen LogP contribution in [0.5, 0.6) is 5.75 Å². The number of guanidine groups is 1. The number of ether oxygens (including phenoxy) is 1. The average Bonchev–Trinajstić information content (AvgIpc) is 2.55. The van der Waals surface area contributed by atoms with Crippen molar-refractivity contribution in [2.75, 3.05) is 37.7 Å². The highest BCUT2D eigenvalue weighted by atomic mass is 32.2. The molecule has 0 atom stereocenters. The maximum Gasteiger partial charge on any atom is 0.191 e. The van der Waals surface area contributed by atoms with Gasteiger partial charge in [0.05, 0.1) is 12.4 Å². The fraction of sp³-hybridized carbons (Fsp3) is 0.562. The van der Waals surface area contributed by atoms with Gasteiger partial charge >= 0.3 is 0 Å². The minimum Gasteiger partial charge on any atom is -0.494 e. The molecule has 2 N–H and O–H groups in total. The molecule has 0 heterocycles. The van der Waals surface area contributed by atoms with Crippen LogP contribution in [0.25, 0.3) is 0 Å². The molecule has 130 valence electrons. The zero-order chi connectivity index (χ0) is 17.0. The molecule has 0 saturated carbocycles. The number of rotatable bonds is 10. The first kappa shape index (κ1) is 19.3. The highest BCUT2D eigenvalue weighted by Gasteiger charge is 2.07. The monoisotopic (exact) mass is 341 g/mol. The smallest absolute Gasteiger partial charge is 0.191 e. The van der Waals surface area contributed by atoms with Crippen LogP contribution in [-0.4, -0.2) is 52.1 Å². The Balaban J connectivity index is 2.28. The van der Waals surface area contributed by atoms with Gasteiger partial charge in [-0.1, -0.05) is 25.1 Å². The van der Waals surface area contributed by atoms with Gasteiger partial charge in [0, 0.05) is 31.8 Å². The largest absolute Gasteiger partial charge is 0.494 e. The normalized spacial score (nSPS) is 12.0. The third-order valence-electron chi connectivity index (χ3n) is 3.07. The quantitative estimate of drug-likeness (QED) is 0.382. The topological polar surface area (TPSA) is 79.8 Å². The molecule has 1 rings (SSSR count). The molecule has 0 bridgehead atoms. The fourth-order valence-corrected chi connectivity index (χ4v) is 2.47. The molecule has 0 radical (unpaired) electrons. The Kier molecular flexibility index (Phi) is 9.12. The standard InChI is InChI=1S/C16H27N3O3S/c1-3-17-16(19-12-14-23(20,21)4-2)18-11-8-13-22-15-9-6-5-7-10-15/h5-7,9-10H,3-4,8,11-14H2,1-2H3,(H2,17,18,19). The minimum absolute atomic E-state index is 0.116. The molecular formula is C16H27N3O3S. The summed E-state index contributed by atoms with van der Waals surface area (Å²) in [6.45, 7) is 5.93. The SMILES string of the molecule is CCNC(=NCCCOc1ccccc1)NCCS(=O)(=O)CC. The van der Waals surface area contributed by atoms with E-state index in [0.717, 1.165) is 18.7 Å². The lowest BCUT2D eigenvalue weighted by Gasteiger charge is -2.11. The van der Waals surface area contributed by atoms with Crippen molar-refractivity contribution >= 4 is 15.8 Å². The summed E-state index contributed by atoms with van der Waals surface area (Å²) in [4.78, 5) is 4.41. The third kappa shape index (κ3) is 9.07. The van der Waals surface area contributed by atoms with Crippen molar-refractivity contribution in [3.8, 4) is 5.75 Å². The summed E-state index contributed by atoms with van der Waals surface area (Å²) in [7, 11) is -2.96. The van der Waals surface area contributed by atoms with Crippen molar-refractivity contribution in [2.45, 2.75) is 20.3 Å². The van der Waals surface area contributed by atoms with Gasteiger partial charge in [-0.3, -0.25) is 4.99 Å². The predicted molar refractivity (Wildman–Crippen MR) is 94.9 cm³/mol. The summed E-state index contributed by atoms with van der Waals surface area (Å²) in [6.07, 6.45) is 0.790. The van der Waals surface area contributed by atoms with E-state index in [1.807, 2.05) is 37.3 Å². The first-order valence-electron chi connectivity index (χ1n) is 7.98. The molecule has 6 nitrogen and oxygen atoms in total. The predicted octanol–water partition coefficient (Wildman–Crippen LogP) is 1.45. The van der Waals surface area contributed by atoms with Crippen molar-refractivity contribution < 1.29 is 13.2 Å². The van der Waals surface area contributed by atoms with Gasteiger partial charge in [0.15, 0.2) is 15.8 Å². The lowest BCUT2D eigenvalue weighted by Crippen LogP contribution is -2.39. The number of sulfone groups is 1. The van der Waals surface area contributed by atoms with Gasteiger partial charge < -0.3 is 15.4 Å². The number of nitrogens with zero attached hydrogens (tertiary/aromatic N) is 1. The van der Waals surface area contributed by atoms with Crippen molar-refractivity contribution in [3.05, 3.63) is 30.3 Å². The fourth-order valence-electron chi connectivity index (χ4n) is 1.77. The van der Waals surface area contributed by atoms with Gasteiger partial charge in [0.25, 0.3) is 0 Å². The molecule has 0 unspecified atom stereocenters. The second-order valence-electron chi connectivity index (χ2n) is 4.94. The lowest BCUT2D eigenvalue weighted by atomic mass is 10.3. The van der Waals surface area contributed by atoms with E-state index in [2.05, 4.69) is 15.6 Å². The second kappa shape index (κ2) is 10.9. The first-order valence-corrected chi connectivity index (χ1v) is 9.80. The number of aliphatic imine (C=N–C) groups is 1. The van der Waals surface area contributed by atoms with E-state index in [0.29, 0.717) is 25.7 Å². The molecule has 1 aromatic carbocycles. The average molecular weight is 341 g/mol. The van der Waals surface area contributed by atoms with Crippen LogP contribution in [0.2, 0.25) is 0 Å². The molecule has 23 heavy (non-hydrogen) atoms. The minimum atomic E-state index is -2.96. The van der Waals surface area contributed by atoms with Crippen LogP contribution in [0.15, 0.2) is 35.3 Å². The van der Waals surface area contributed by atoms with Crippen molar-refractivity contribution in [3.63, 3.8) is 0 Å². The molecule has 0 spiro atoms. The Morgan fingerprint density at radius 3 is 2.57 bits per heavy atom. The van der Waals surface area contributed by atoms with Gasteiger partial charge in [0.2, 0.25) is 0 Å². The van der Waals surface area contributed by atoms with Gasteiger partial charge in [0.1, 0.15) is 5.75 Å². The molecule has 0 amide bonds. The van der Waals surface area contributed by atoms with Crippen LogP contribution in [0.4, 0.5) is 0 Å². The number of para-hydroxylation sites is 1. The Morgan fingerprint density at radius 1 is 1.17 bits per heavy atom. The van der Waals surface area contributed by atoms with E-state index in [-0.39, 0.29) is 11.5 Å². The van der Waals surface area contributed by atoms with Crippen molar-refractivity contribution in [2.24, 2.45) is 4.99 Å². The molecule has 7 heteroatoms. The zero-order valence-electron chi connectivity index (χ0n) is 13.9.